The molecule has 0 heterocycles. The highest BCUT2D eigenvalue weighted by Crippen LogP contribution is 2.18. The summed E-state index contributed by atoms with van der Waals surface area (Å²) in [5.74, 6) is 0.304. The van der Waals surface area contributed by atoms with Gasteiger partial charge < -0.3 is 9.64 Å². The third kappa shape index (κ3) is 4.17. The van der Waals surface area contributed by atoms with Crippen LogP contribution in [0.25, 0.3) is 0 Å². The molecule has 0 fully saturated rings. The van der Waals surface area contributed by atoms with Gasteiger partial charge in [-0.25, -0.2) is 4.39 Å². The molecule has 0 N–H and O–H groups in total. The molecule has 2 rings (SSSR count). The van der Waals surface area contributed by atoms with Crippen LogP contribution in [0.1, 0.15) is 0 Å². The maximum atomic E-state index is 12.7. The monoisotopic (exact) mass is 290 g/mol. The van der Waals surface area contributed by atoms with Crippen molar-refractivity contribution in [2.45, 2.75) is 0 Å². The molecule has 2 aromatic rings. The Bertz CT molecular complexity index is 599. The molecule has 0 saturated carbocycles. The zero-order chi connectivity index (χ0) is 15.2. The maximum absolute atomic E-state index is 12.7. The average Bonchev–Trinajstić information content (AvgIpc) is 2.49. The summed E-state index contributed by atoms with van der Waals surface area (Å²) in [6, 6.07) is 12.1. The van der Waals surface area contributed by atoms with Crippen LogP contribution in [0.4, 0.5) is 15.8 Å². The van der Waals surface area contributed by atoms with Gasteiger partial charge in [0.15, 0.2) is 0 Å². The first kappa shape index (κ1) is 14.8. The molecule has 0 saturated heterocycles. The largest absolute Gasteiger partial charge is 0.492 e. The van der Waals surface area contributed by atoms with Crippen LogP contribution >= 0.6 is 0 Å². The number of nitro benzene ring substituents is 1. The van der Waals surface area contributed by atoms with Crippen molar-refractivity contribution in [3.05, 3.63) is 64.5 Å². The van der Waals surface area contributed by atoms with E-state index >= 15 is 0 Å². The summed E-state index contributed by atoms with van der Waals surface area (Å²) in [5.41, 5.74) is 0.929. The van der Waals surface area contributed by atoms with E-state index in [0.717, 1.165) is 5.69 Å². The number of hydrogen-bond donors (Lipinski definition) is 0. The molecule has 21 heavy (non-hydrogen) atoms. The van der Waals surface area contributed by atoms with E-state index < -0.39 is 4.92 Å². The molecule has 0 spiro atoms. The van der Waals surface area contributed by atoms with Crippen molar-refractivity contribution in [3.63, 3.8) is 0 Å². The topological polar surface area (TPSA) is 55.6 Å². The summed E-state index contributed by atoms with van der Waals surface area (Å²) in [6.07, 6.45) is 0. The van der Waals surface area contributed by atoms with Crippen molar-refractivity contribution in [3.8, 4) is 5.75 Å². The van der Waals surface area contributed by atoms with Gasteiger partial charge in [0, 0.05) is 24.9 Å². The second-order valence-electron chi connectivity index (χ2n) is 4.50. The number of hydrogen-bond acceptors (Lipinski definition) is 4. The maximum Gasteiger partial charge on any atom is 0.269 e. The van der Waals surface area contributed by atoms with E-state index in [9.17, 15) is 14.5 Å². The molecular formula is C15H15FN2O3. The fourth-order valence-electron chi connectivity index (χ4n) is 1.79. The van der Waals surface area contributed by atoms with E-state index in [0.29, 0.717) is 18.9 Å². The van der Waals surface area contributed by atoms with Crippen LogP contribution < -0.4 is 9.64 Å². The number of nitro groups is 1. The molecule has 110 valence electrons. The standard InChI is InChI=1S/C15H15FN2O3/c1-17(13-4-6-14(7-5-13)18(19)20)10-11-21-15-8-2-12(16)3-9-15/h2-9H,10-11H2,1H3. The van der Waals surface area contributed by atoms with E-state index in [-0.39, 0.29) is 11.5 Å². The number of rotatable bonds is 6. The third-order valence-electron chi connectivity index (χ3n) is 3.01. The number of non-ortho nitro benzene ring substituents is 1. The van der Waals surface area contributed by atoms with Crippen LogP contribution in [0.5, 0.6) is 5.75 Å². The summed E-state index contributed by atoms with van der Waals surface area (Å²) < 4.78 is 18.2. The molecule has 0 aromatic heterocycles. The van der Waals surface area contributed by atoms with Crippen molar-refractivity contribution in [1.29, 1.82) is 0 Å². The van der Waals surface area contributed by atoms with Gasteiger partial charge in [-0.15, -0.1) is 0 Å². The molecule has 0 aliphatic rings. The number of anilines is 1. The quantitative estimate of drug-likeness (QED) is 0.605. The van der Waals surface area contributed by atoms with Gasteiger partial charge in [-0.05, 0) is 36.4 Å². The van der Waals surface area contributed by atoms with Gasteiger partial charge in [-0.3, -0.25) is 10.1 Å². The van der Waals surface area contributed by atoms with Crippen molar-refractivity contribution in [2.75, 3.05) is 25.1 Å². The summed E-state index contributed by atoms with van der Waals surface area (Å²) in [6.45, 7) is 1.04. The second-order valence-corrected chi connectivity index (χ2v) is 4.50. The van der Waals surface area contributed by atoms with Gasteiger partial charge in [0.25, 0.3) is 5.69 Å². The lowest BCUT2D eigenvalue weighted by Crippen LogP contribution is -2.23. The summed E-state index contributed by atoms with van der Waals surface area (Å²) >= 11 is 0. The van der Waals surface area contributed by atoms with E-state index in [1.54, 1.807) is 24.3 Å². The molecule has 6 heteroatoms. The molecule has 0 aliphatic carbocycles. The highest BCUT2D eigenvalue weighted by Gasteiger charge is 2.06. The van der Waals surface area contributed by atoms with Gasteiger partial charge >= 0.3 is 0 Å². The SMILES string of the molecule is CN(CCOc1ccc(F)cc1)c1ccc([N+](=O)[O-])cc1. The molecule has 2 aromatic carbocycles. The molecule has 0 bridgehead atoms. The molecule has 0 radical (unpaired) electrons. The smallest absolute Gasteiger partial charge is 0.269 e. The minimum absolute atomic E-state index is 0.0645. The normalized spacial score (nSPS) is 10.2. The van der Waals surface area contributed by atoms with Gasteiger partial charge in [0.1, 0.15) is 18.2 Å². The van der Waals surface area contributed by atoms with Crippen LogP contribution in [-0.2, 0) is 0 Å². The predicted octanol–water partition coefficient (Wildman–Crippen LogP) is 3.25. The van der Waals surface area contributed by atoms with Crippen LogP contribution in [0.3, 0.4) is 0 Å². The number of nitrogens with zero attached hydrogens (tertiary/aromatic N) is 2. The van der Waals surface area contributed by atoms with Crippen LogP contribution in [0.15, 0.2) is 48.5 Å². The Morgan fingerprint density at radius 2 is 1.76 bits per heavy atom. The van der Waals surface area contributed by atoms with Crippen molar-refractivity contribution < 1.29 is 14.1 Å². The molecule has 0 unspecified atom stereocenters. The highest BCUT2D eigenvalue weighted by atomic mass is 19.1. The van der Waals surface area contributed by atoms with Crippen LogP contribution in [0, 0.1) is 15.9 Å². The first-order chi connectivity index (χ1) is 10.1. The minimum Gasteiger partial charge on any atom is -0.492 e. The first-order valence-corrected chi connectivity index (χ1v) is 6.40. The van der Waals surface area contributed by atoms with Crippen molar-refractivity contribution >= 4 is 11.4 Å². The van der Waals surface area contributed by atoms with Gasteiger partial charge in [-0.2, -0.15) is 0 Å². The lowest BCUT2D eigenvalue weighted by atomic mass is 10.2. The Balaban J connectivity index is 1.85. The summed E-state index contributed by atoms with van der Waals surface area (Å²) in [4.78, 5) is 12.1. The second kappa shape index (κ2) is 6.69. The minimum atomic E-state index is -0.429. The van der Waals surface area contributed by atoms with Gasteiger partial charge in [0.2, 0.25) is 0 Å². The lowest BCUT2D eigenvalue weighted by Gasteiger charge is -2.19. The first-order valence-electron chi connectivity index (χ1n) is 6.40. The van der Waals surface area contributed by atoms with E-state index in [4.69, 9.17) is 4.74 Å². The lowest BCUT2D eigenvalue weighted by molar-refractivity contribution is -0.384. The zero-order valence-corrected chi connectivity index (χ0v) is 11.5. The third-order valence-corrected chi connectivity index (χ3v) is 3.01. The van der Waals surface area contributed by atoms with E-state index in [2.05, 4.69) is 0 Å². The highest BCUT2D eigenvalue weighted by molar-refractivity contribution is 5.50. The predicted molar refractivity (Wildman–Crippen MR) is 78.3 cm³/mol. The van der Waals surface area contributed by atoms with Crippen LogP contribution in [-0.4, -0.2) is 25.1 Å². The summed E-state index contributed by atoms with van der Waals surface area (Å²) in [5, 5.41) is 10.6. The van der Waals surface area contributed by atoms with Gasteiger partial charge in [0.05, 0.1) is 11.5 Å². The Hall–Kier alpha value is -2.63. The summed E-state index contributed by atoms with van der Waals surface area (Å²) in [7, 11) is 1.87. The van der Waals surface area contributed by atoms with E-state index in [1.807, 2.05) is 11.9 Å². The van der Waals surface area contributed by atoms with Crippen molar-refractivity contribution in [1.82, 2.24) is 0 Å². The number of benzene rings is 2. The zero-order valence-electron chi connectivity index (χ0n) is 11.5. The Morgan fingerprint density at radius 3 is 2.33 bits per heavy atom. The number of ether oxygens (including phenoxy) is 1. The molecule has 0 amide bonds. The van der Waals surface area contributed by atoms with Crippen molar-refractivity contribution in [2.24, 2.45) is 0 Å². The fraction of sp³-hybridized carbons (Fsp3) is 0.200. The molecule has 5 nitrogen and oxygen atoms in total. The average molecular weight is 290 g/mol. The van der Waals surface area contributed by atoms with Gasteiger partial charge in [-0.1, -0.05) is 0 Å². The van der Waals surface area contributed by atoms with E-state index in [1.165, 1.54) is 24.3 Å². The molecular weight excluding hydrogens is 275 g/mol. The fourth-order valence-corrected chi connectivity index (χ4v) is 1.79. The molecule has 0 atom stereocenters. The number of likely N-dealkylation sites (N-methyl/N-ethyl adjacent to an activating group) is 1. The Kier molecular flexibility index (Phi) is 4.71. The number of halogens is 1. The Morgan fingerprint density at radius 1 is 1.14 bits per heavy atom. The Labute approximate surface area is 121 Å². The molecule has 0 aliphatic heterocycles. The van der Waals surface area contributed by atoms with Crippen LogP contribution in [0.2, 0.25) is 0 Å².